The fraction of sp³-hybridized carbons (Fsp3) is 0.538. The predicted octanol–water partition coefficient (Wildman–Crippen LogP) is 3.09. The van der Waals surface area contributed by atoms with Crippen LogP contribution in [-0.4, -0.2) is 29.8 Å². The largest absolute Gasteiger partial charge is 0.481 e. The summed E-state index contributed by atoms with van der Waals surface area (Å²) in [5.74, 6) is -1.04. The van der Waals surface area contributed by atoms with E-state index in [4.69, 9.17) is 0 Å². The predicted molar refractivity (Wildman–Crippen MR) is 79.1 cm³/mol. The highest BCUT2D eigenvalue weighted by Gasteiger charge is 2.35. The van der Waals surface area contributed by atoms with Crippen LogP contribution in [0.5, 0.6) is 0 Å². The molecule has 0 radical (unpaired) electrons. The highest BCUT2D eigenvalue weighted by atomic mass is 32.2. The van der Waals surface area contributed by atoms with Gasteiger partial charge in [0.1, 0.15) is 4.88 Å². The van der Waals surface area contributed by atoms with Crippen molar-refractivity contribution in [2.75, 3.05) is 12.8 Å². The lowest BCUT2D eigenvalue weighted by Crippen LogP contribution is -2.42. The van der Waals surface area contributed by atoms with Crippen molar-refractivity contribution in [2.45, 2.75) is 31.6 Å². The Morgan fingerprint density at radius 1 is 1.42 bits per heavy atom. The summed E-state index contributed by atoms with van der Waals surface area (Å²) in [6, 6.07) is 1.90. The van der Waals surface area contributed by atoms with E-state index < -0.39 is 11.4 Å². The van der Waals surface area contributed by atoms with E-state index in [1.807, 2.05) is 31.5 Å². The Bertz CT molecular complexity index is 452. The van der Waals surface area contributed by atoms with Crippen molar-refractivity contribution in [3.8, 4) is 0 Å². The summed E-state index contributed by atoms with van der Waals surface area (Å²) in [4.78, 5) is 25.0. The van der Waals surface area contributed by atoms with Crippen molar-refractivity contribution in [3.05, 3.63) is 16.3 Å². The first-order valence-corrected chi connectivity index (χ1v) is 8.24. The Morgan fingerprint density at radius 3 is 2.53 bits per heavy atom. The minimum absolute atomic E-state index is 0.167. The van der Waals surface area contributed by atoms with E-state index in [9.17, 15) is 14.7 Å². The zero-order chi connectivity index (χ0) is 14.5. The molecule has 0 fully saturated rings. The van der Waals surface area contributed by atoms with Crippen LogP contribution in [0.1, 0.15) is 36.4 Å². The molecule has 0 spiro atoms. The van der Waals surface area contributed by atoms with E-state index in [1.54, 1.807) is 0 Å². The smallest absolute Gasteiger partial charge is 0.311 e. The van der Waals surface area contributed by atoms with E-state index in [1.165, 1.54) is 23.1 Å². The highest BCUT2D eigenvalue weighted by Crippen LogP contribution is 2.28. The molecule has 6 heteroatoms. The third kappa shape index (κ3) is 3.51. The molecule has 0 saturated heterocycles. The van der Waals surface area contributed by atoms with Gasteiger partial charge >= 0.3 is 5.97 Å². The number of carboxylic acids is 1. The van der Waals surface area contributed by atoms with Gasteiger partial charge in [-0.1, -0.05) is 13.8 Å². The second kappa shape index (κ2) is 6.96. The second-order valence-electron chi connectivity index (χ2n) is 4.29. The van der Waals surface area contributed by atoms with Crippen molar-refractivity contribution >= 4 is 35.0 Å². The Kier molecular flexibility index (Phi) is 5.87. The number of amides is 1. The molecule has 0 aromatic carbocycles. The SMILES string of the molecule is CCC(CC)(CNC(=O)c1sccc1SC)C(=O)O. The fourth-order valence-electron chi connectivity index (χ4n) is 1.83. The highest BCUT2D eigenvalue weighted by molar-refractivity contribution is 7.98. The Labute approximate surface area is 121 Å². The molecule has 0 aliphatic heterocycles. The van der Waals surface area contributed by atoms with Crippen molar-refractivity contribution < 1.29 is 14.7 Å². The number of hydrogen-bond acceptors (Lipinski definition) is 4. The maximum Gasteiger partial charge on any atom is 0.311 e. The number of thioether (sulfide) groups is 1. The van der Waals surface area contributed by atoms with Gasteiger partial charge < -0.3 is 10.4 Å². The van der Waals surface area contributed by atoms with E-state index in [2.05, 4.69) is 5.32 Å². The van der Waals surface area contributed by atoms with E-state index in [0.717, 1.165) is 4.90 Å². The van der Waals surface area contributed by atoms with Crippen LogP contribution in [0.15, 0.2) is 16.3 Å². The lowest BCUT2D eigenvalue weighted by atomic mass is 9.82. The Hall–Kier alpha value is -1.01. The molecule has 1 aromatic rings. The average molecular weight is 301 g/mol. The van der Waals surface area contributed by atoms with Gasteiger partial charge in [0.15, 0.2) is 0 Å². The van der Waals surface area contributed by atoms with Crippen LogP contribution in [0, 0.1) is 5.41 Å². The van der Waals surface area contributed by atoms with Gasteiger partial charge in [-0.25, -0.2) is 0 Å². The number of carbonyl (C=O) groups is 2. The number of thiophene rings is 1. The lowest BCUT2D eigenvalue weighted by molar-refractivity contribution is -0.149. The minimum Gasteiger partial charge on any atom is -0.481 e. The van der Waals surface area contributed by atoms with E-state index in [-0.39, 0.29) is 12.5 Å². The van der Waals surface area contributed by atoms with Crippen molar-refractivity contribution in [1.82, 2.24) is 5.32 Å². The molecule has 2 N–H and O–H groups in total. The molecule has 1 heterocycles. The molecule has 19 heavy (non-hydrogen) atoms. The maximum absolute atomic E-state index is 12.1. The van der Waals surface area contributed by atoms with Gasteiger partial charge in [0.2, 0.25) is 0 Å². The molecule has 106 valence electrons. The van der Waals surface area contributed by atoms with Gasteiger partial charge in [0, 0.05) is 11.4 Å². The quantitative estimate of drug-likeness (QED) is 0.760. The summed E-state index contributed by atoms with van der Waals surface area (Å²) in [5.41, 5.74) is -0.869. The molecular weight excluding hydrogens is 282 g/mol. The molecule has 1 rings (SSSR count). The summed E-state index contributed by atoms with van der Waals surface area (Å²) < 4.78 is 0. The van der Waals surface area contributed by atoms with Crippen LogP contribution in [-0.2, 0) is 4.79 Å². The molecule has 0 aliphatic rings. The maximum atomic E-state index is 12.1. The number of rotatable bonds is 7. The zero-order valence-corrected chi connectivity index (χ0v) is 13.0. The normalized spacial score (nSPS) is 11.3. The second-order valence-corrected chi connectivity index (χ2v) is 6.06. The number of carboxylic acid groups (broad SMARTS) is 1. The van der Waals surface area contributed by atoms with E-state index >= 15 is 0 Å². The Balaban J connectivity index is 2.75. The zero-order valence-electron chi connectivity index (χ0n) is 11.4. The third-order valence-corrected chi connectivity index (χ3v) is 5.27. The first-order chi connectivity index (χ1) is 9.00. The van der Waals surface area contributed by atoms with Crippen LogP contribution < -0.4 is 5.32 Å². The molecule has 0 aliphatic carbocycles. The number of carbonyl (C=O) groups excluding carboxylic acids is 1. The molecule has 4 nitrogen and oxygen atoms in total. The average Bonchev–Trinajstić information content (AvgIpc) is 2.88. The van der Waals surface area contributed by atoms with Gasteiger partial charge in [0.05, 0.1) is 5.41 Å². The van der Waals surface area contributed by atoms with Gasteiger partial charge in [-0.15, -0.1) is 23.1 Å². The number of nitrogens with one attached hydrogen (secondary N) is 1. The monoisotopic (exact) mass is 301 g/mol. The Morgan fingerprint density at radius 2 is 2.05 bits per heavy atom. The molecule has 0 saturated carbocycles. The van der Waals surface area contributed by atoms with Gasteiger partial charge in [-0.3, -0.25) is 9.59 Å². The number of aliphatic carboxylic acids is 1. The first-order valence-electron chi connectivity index (χ1n) is 6.13. The summed E-state index contributed by atoms with van der Waals surface area (Å²) >= 11 is 2.89. The number of hydrogen-bond donors (Lipinski definition) is 2. The van der Waals surface area contributed by atoms with Crippen LogP contribution >= 0.6 is 23.1 Å². The van der Waals surface area contributed by atoms with Crippen molar-refractivity contribution in [2.24, 2.45) is 5.41 Å². The topological polar surface area (TPSA) is 66.4 Å². The molecule has 0 unspecified atom stereocenters. The summed E-state index contributed by atoms with van der Waals surface area (Å²) in [6.07, 6.45) is 2.91. The summed E-state index contributed by atoms with van der Waals surface area (Å²) in [5, 5.41) is 13.9. The lowest BCUT2D eigenvalue weighted by Gasteiger charge is -2.26. The van der Waals surface area contributed by atoms with E-state index in [0.29, 0.717) is 17.7 Å². The molecule has 0 bridgehead atoms. The molecule has 0 atom stereocenters. The molecular formula is C13H19NO3S2. The van der Waals surface area contributed by atoms with Crippen LogP contribution in [0.2, 0.25) is 0 Å². The standard InChI is InChI=1S/C13H19NO3S2/c1-4-13(5-2,12(16)17)8-14-11(15)10-9(18-3)6-7-19-10/h6-7H,4-5,8H2,1-3H3,(H,14,15)(H,16,17). The van der Waals surface area contributed by atoms with Gasteiger partial charge in [-0.05, 0) is 30.5 Å². The van der Waals surface area contributed by atoms with Crippen LogP contribution in [0.4, 0.5) is 0 Å². The van der Waals surface area contributed by atoms with Gasteiger partial charge in [-0.2, -0.15) is 0 Å². The van der Waals surface area contributed by atoms with Crippen molar-refractivity contribution in [1.29, 1.82) is 0 Å². The minimum atomic E-state index is -0.869. The van der Waals surface area contributed by atoms with Gasteiger partial charge in [0.25, 0.3) is 5.91 Å². The van der Waals surface area contributed by atoms with Crippen LogP contribution in [0.3, 0.4) is 0 Å². The van der Waals surface area contributed by atoms with Crippen molar-refractivity contribution in [3.63, 3.8) is 0 Å². The third-order valence-electron chi connectivity index (χ3n) is 3.45. The first kappa shape index (κ1) is 16.0. The molecule has 1 aromatic heterocycles. The molecule has 1 amide bonds. The van der Waals surface area contributed by atoms with Crippen LogP contribution in [0.25, 0.3) is 0 Å². The fourth-order valence-corrected chi connectivity index (χ4v) is 3.50. The summed E-state index contributed by atoms with van der Waals surface area (Å²) in [6.45, 7) is 3.84. The summed E-state index contributed by atoms with van der Waals surface area (Å²) in [7, 11) is 0.